The zero-order valence-corrected chi connectivity index (χ0v) is 14.6. The lowest BCUT2D eigenvalue weighted by Gasteiger charge is -2.30. The molecule has 3 aromatic carbocycles. The summed E-state index contributed by atoms with van der Waals surface area (Å²) < 4.78 is 6.09. The molecule has 0 fully saturated rings. The zero-order chi connectivity index (χ0) is 18.1. The Morgan fingerprint density at radius 1 is 0.885 bits per heavy atom. The first-order valence-corrected chi connectivity index (χ1v) is 8.88. The molecule has 1 aliphatic heterocycles. The van der Waals surface area contributed by atoms with Crippen LogP contribution in [-0.4, -0.2) is 11.1 Å². The second-order valence-electron chi connectivity index (χ2n) is 6.54. The maximum atomic E-state index is 11.8. The average molecular weight is 344 g/mol. The van der Waals surface area contributed by atoms with Crippen molar-refractivity contribution in [2.24, 2.45) is 0 Å². The lowest BCUT2D eigenvalue weighted by Crippen LogP contribution is -2.17. The Morgan fingerprint density at radius 3 is 1.92 bits per heavy atom. The molecule has 1 aliphatic rings. The Bertz CT molecular complexity index is 915. The fourth-order valence-corrected chi connectivity index (χ4v) is 3.86. The fourth-order valence-electron chi connectivity index (χ4n) is 3.86. The number of rotatable bonds is 4. The lowest BCUT2D eigenvalue weighted by atomic mass is 9.78. The molecule has 0 aliphatic carbocycles. The van der Waals surface area contributed by atoms with Crippen LogP contribution >= 0.6 is 0 Å². The first kappa shape index (κ1) is 16.4. The minimum atomic E-state index is -0.784. The van der Waals surface area contributed by atoms with E-state index in [4.69, 9.17) is 4.74 Å². The third kappa shape index (κ3) is 2.66. The molecule has 130 valence electrons. The van der Waals surface area contributed by atoms with E-state index in [1.54, 1.807) is 0 Å². The summed E-state index contributed by atoms with van der Waals surface area (Å²) >= 11 is 0. The van der Waals surface area contributed by atoms with E-state index < -0.39 is 11.9 Å². The fraction of sp³-hybridized carbons (Fsp3) is 0.174. The Hall–Kier alpha value is -3.07. The van der Waals surface area contributed by atoms with Gasteiger partial charge in [-0.1, -0.05) is 67.6 Å². The SMILES string of the molecule is CCC(C(=O)O)c1ccccc1C1c2ccccc2Oc2ccccc21. The summed E-state index contributed by atoms with van der Waals surface area (Å²) in [4.78, 5) is 11.8. The van der Waals surface area contributed by atoms with Gasteiger partial charge in [0.2, 0.25) is 0 Å². The van der Waals surface area contributed by atoms with Crippen LogP contribution in [0.15, 0.2) is 72.8 Å². The third-order valence-corrected chi connectivity index (χ3v) is 5.07. The van der Waals surface area contributed by atoms with Gasteiger partial charge in [0.15, 0.2) is 0 Å². The van der Waals surface area contributed by atoms with Crippen molar-refractivity contribution in [2.75, 3.05) is 0 Å². The van der Waals surface area contributed by atoms with Crippen LogP contribution in [-0.2, 0) is 4.79 Å². The highest BCUT2D eigenvalue weighted by atomic mass is 16.5. The largest absolute Gasteiger partial charge is 0.481 e. The van der Waals surface area contributed by atoms with Crippen molar-refractivity contribution >= 4 is 5.97 Å². The Morgan fingerprint density at radius 2 is 1.38 bits per heavy atom. The van der Waals surface area contributed by atoms with E-state index in [9.17, 15) is 9.90 Å². The summed E-state index contributed by atoms with van der Waals surface area (Å²) in [5, 5.41) is 9.72. The second kappa shape index (κ2) is 6.68. The van der Waals surface area contributed by atoms with Crippen LogP contribution < -0.4 is 4.74 Å². The van der Waals surface area contributed by atoms with Crippen molar-refractivity contribution in [3.63, 3.8) is 0 Å². The van der Waals surface area contributed by atoms with E-state index in [0.29, 0.717) is 6.42 Å². The molecule has 0 aromatic heterocycles. The highest BCUT2D eigenvalue weighted by molar-refractivity contribution is 5.77. The topological polar surface area (TPSA) is 46.5 Å². The number of benzene rings is 3. The first-order valence-electron chi connectivity index (χ1n) is 8.88. The molecule has 3 heteroatoms. The van der Waals surface area contributed by atoms with E-state index in [1.807, 2.05) is 67.6 Å². The van der Waals surface area contributed by atoms with E-state index in [0.717, 1.165) is 33.8 Å². The molecule has 3 aromatic rings. The predicted octanol–water partition coefficient (Wildman–Crippen LogP) is 5.55. The number of para-hydroxylation sites is 2. The number of ether oxygens (including phenoxy) is 1. The van der Waals surface area contributed by atoms with Crippen molar-refractivity contribution in [3.05, 3.63) is 95.1 Å². The molecule has 0 radical (unpaired) electrons. The van der Waals surface area contributed by atoms with Gasteiger partial charge in [-0.3, -0.25) is 4.79 Å². The molecule has 0 bridgehead atoms. The van der Waals surface area contributed by atoms with Crippen LogP contribution in [0.3, 0.4) is 0 Å². The number of carboxylic acid groups (broad SMARTS) is 1. The number of hydrogen-bond donors (Lipinski definition) is 1. The van der Waals surface area contributed by atoms with Crippen LogP contribution in [0.4, 0.5) is 0 Å². The van der Waals surface area contributed by atoms with Gasteiger partial charge in [0, 0.05) is 17.0 Å². The smallest absolute Gasteiger partial charge is 0.310 e. The molecule has 0 saturated carbocycles. The van der Waals surface area contributed by atoms with E-state index in [-0.39, 0.29) is 5.92 Å². The quantitative estimate of drug-likeness (QED) is 0.528. The zero-order valence-electron chi connectivity index (χ0n) is 14.6. The maximum absolute atomic E-state index is 11.8. The molecular weight excluding hydrogens is 324 g/mol. The minimum absolute atomic E-state index is 0.0410. The molecule has 26 heavy (non-hydrogen) atoms. The molecule has 1 unspecified atom stereocenters. The number of aliphatic carboxylic acids is 1. The molecule has 0 amide bonds. The van der Waals surface area contributed by atoms with Crippen molar-refractivity contribution < 1.29 is 14.6 Å². The van der Waals surface area contributed by atoms with Gasteiger partial charge >= 0.3 is 5.97 Å². The normalized spacial score (nSPS) is 14.0. The summed E-state index contributed by atoms with van der Waals surface area (Å²) in [5.74, 6) is 0.312. The van der Waals surface area contributed by atoms with Crippen molar-refractivity contribution in [3.8, 4) is 11.5 Å². The van der Waals surface area contributed by atoms with E-state index in [1.165, 1.54) is 0 Å². The van der Waals surface area contributed by atoms with E-state index in [2.05, 4.69) is 12.1 Å². The van der Waals surface area contributed by atoms with Crippen molar-refractivity contribution in [1.29, 1.82) is 0 Å². The first-order chi connectivity index (χ1) is 12.7. The molecule has 4 rings (SSSR count). The van der Waals surface area contributed by atoms with Crippen LogP contribution in [0.2, 0.25) is 0 Å². The molecular formula is C23H20O3. The van der Waals surface area contributed by atoms with Gasteiger partial charge in [-0.2, -0.15) is 0 Å². The highest BCUT2D eigenvalue weighted by Crippen LogP contribution is 2.48. The Balaban J connectivity index is 1.96. The maximum Gasteiger partial charge on any atom is 0.310 e. The summed E-state index contributed by atoms with van der Waals surface area (Å²) in [6.45, 7) is 1.92. The minimum Gasteiger partial charge on any atom is -0.481 e. The van der Waals surface area contributed by atoms with E-state index >= 15 is 0 Å². The molecule has 0 spiro atoms. The summed E-state index contributed by atoms with van der Waals surface area (Å²) in [6, 6.07) is 23.9. The second-order valence-corrected chi connectivity index (χ2v) is 6.54. The van der Waals surface area contributed by atoms with Gasteiger partial charge in [-0.15, -0.1) is 0 Å². The average Bonchev–Trinajstić information content (AvgIpc) is 2.67. The highest BCUT2D eigenvalue weighted by Gasteiger charge is 2.32. The number of carbonyl (C=O) groups is 1. The third-order valence-electron chi connectivity index (χ3n) is 5.07. The van der Waals surface area contributed by atoms with Gasteiger partial charge < -0.3 is 9.84 Å². The van der Waals surface area contributed by atoms with Gasteiger partial charge in [-0.05, 0) is 29.7 Å². The molecule has 1 N–H and O–H groups in total. The summed E-state index contributed by atoms with van der Waals surface area (Å²) in [7, 11) is 0. The number of fused-ring (bicyclic) bond motifs is 2. The van der Waals surface area contributed by atoms with Crippen LogP contribution in [0.1, 0.15) is 47.4 Å². The Kier molecular flexibility index (Phi) is 4.21. The Labute approximate surface area is 152 Å². The van der Waals surface area contributed by atoms with Gasteiger partial charge in [0.1, 0.15) is 11.5 Å². The molecule has 1 heterocycles. The number of carboxylic acids is 1. The van der Waals surface area contributed by atoms with Gasteiger partial charge in [-0.25, -0.2) is 0 Å². The van der Waals surface area contributed by atoms with Gasteiger partial charge in [0.05, 0.1) is 5.92 Å². The van der Waals surface area contributed by atoms with Crippen molar-refractivity contribution in [1.82, 2.24) is 0 Å². The van der Waals surface area contributed by atoms with Gasteiger partial charge in [0.25, 0.3) is 0 Å². The van der Waals surface area contributed by atoms with Crippen LogP contribution in [0.5, 0.6) is 11.5 Å². The lowest BCUT2D eigenvalue weighted by molar-refractivity contribution is -0.138. The van der Waals surface area contributed by atoms with Crippen LogP contribution in [0, 0.1) is 0 Å². The summed E-state index contributed by atoms with van der Waals surface area (Å²) in [5.41, 5.74) is 4.04. The standard InChI is InChI=1S/C23H20O3/c1-2-15(23(24)25)16-9-3-4-10-17(16)22-18-11-5-7-13-20(18)26-21-14-8-6-12-19(21)22/h3-15,22H,2H2,1H3,(H,24,25). The number of hydrogen-bond acceptors (Lipinski definition) is 2. The molecule has 3 nitrogen and oxygen atoms in total. The van der Waals surface area contributed by atoms with Crippen molar-refractivity contribution in [2.45, 2.75) is 25.2 Å². The van der Waals surface area contributed by atoms with Crippen LogP contribution in [0.25, 0.3) is 0 Å². The summed E-state index contributed by atoms with van der Waals surface area (Å²) in [6.07, 6.45) is 0.554. The molecule has 1 atom stereocenters. The molecule has 0 saturated heterocycles. The predicted molar refractivity (Wildman–Crippen MR) is 101 cm³/mol. The monoisotopic (exact) mass is 344 g/mol.